The van der Waals surface area contributed by atoms with Crippen molar-refractivity contribution in [1.29, 1.82) is 0 Å². The summed E-state index contributed by atoms with van der Waals surface area (Å²) in [5, 5.41) is 10.2. The molecule has 0 atom stereocenters. The molecule has 0 unspecified atom stereocenters. The highest BCUT2D eigenvalue weighted by molar-refractivity contribution is 14.0. The smallest absolute Gasteiger partial charge is 0.242 e. The number of halogens is 1. The number of nitrogens with one attached hydrogen (secondary N) is 3. The van der Waals surface area contributed by atoms with Crippen molar-refractivity contribution in [2.24, 2.45) is 4.99 Å². The first kappa shape index (κ1) is 21.1. The maximum absolute atomic E-state index is 11.8. The number of guanidine groups is 1. The van der Waals surface area contributed by atoms with Gasteiger partial charge in [0.25, 0.3) is 0 Å². The van der Waals surface area contributed by atoms with Gasteiger partial charge in [0.1, 0.15) is 6.54 Å². The Bertz CT molecular complexity index is 496. The minimum Gasteiger partial charge on any atom is -0.357 e. The SMILES string of the molecule is CCNC(=NCC(=O)NC(C)(C)C)NCc1cnc(C)s1.I. The maximum atomic E-state index is 11.8. The molecule has 0 saturated heterocycles. The van der Waals surface area contributed by atoms with E-state index < -0.39 is 0 Å². The van der Waals surface area contributed by atoms with Gasteiger partial charge in [0.2, 0.25) is 5.91 Å². The van der Waals surface area contributed by atoms with Gasteiger partial charge in [-0.2, -0.15) is 0 Å². The third-order valence-electron chi connectivity index (χ3n) is 2.34. The number of hydrogen-bond donors (Lipinski definition) is 3. The van der Waals surface area contributed by atoms with Gasteiger partial charge in [-0.1, -0.05) is 0 Å². The molecule has 1 rings (SSSR count). The van der Waals surface area contributed by atoms with Gasteiger partial charge in [-0.15, -0.1) is 35.3 Å². The lowest BCUT2D eigenvalue weighted by molar-refractivity contribution is -0.121. The van der Waals surface area contributed by atoms with Crippen LogP contribution >= 0.6 is 35.3 Å². The van der Waals surface area contributed by atoms with Crippen molar-refractivity contribution in [1.82, 2.24) is 20.9 Å². The van der Waals surface area contributed by atoms with Crippen LogP contribution in [0.2, 0.25) is 0 Å². The summed E-state index contributed by atoms with van der Waals surface area (Å²) in [6, 6.07) is 0. The average molecular weight is 439 g/mol. The summed E-state index contributed by atoms with van der Waals surface area (Å²) in [6.07, 6.45) is 1.85. The second-order valence-corrected chi connectivity index (χ2v) is 7.01. The highest BCUT2D eigenvalue weighted by Gasteiger charge is 2.13. The Morgan fingerprint density at radius 1 is 1.36 bits per heavy atom. The summed E-state index contributed by atoms with van der Waals surface area (Å²) in [5.74, 6) is 0.543. The highest BCUT2D eigenvalue weighted by atomic mass is 127. The molecule has 22 heavy (non-hydrogen) atoms. The minimum absolute atomic E-state index is 0. The summed E-state index contributed by atoms with van der Waals surface area (Å²) in [6.45, 7) is 11.3. The second kappa shape index (κ2) is 9.98. The van der Waals surface area contributed by atoms with Crippen LogP contribution in [-0.4, -0.2) is 35.5 Å². The van der Waals surface area contributed by atoms with Crippen LogP contribution in [0.4, 0.5) is 0 Å². The van der Waals surface area contributed by atoms with Crippen molar-refractivity contribution >= 4 is 47.2 Å². The quantitative estimate of drug-likeness (QED) is 0.373. The van der Waals surface area contributed by atoms with Crippen molar-refractivity contribution in [3.05, 3.63) is 16.1 Å². The van der Waals surface area contributed by atoms with Crippen LogP contribution in [0.3, 0.4) is 0 Å². The third kappa shape index (κ3) is 9.19. The van der Waals surface area contributed by atoms with Gasteiger partial charge in [-0.05, 0) is 34.6 Å². The van der Waals surface area contributed by atoms with Gasteiger partial charge in [-0.3, -0.25) is 4.79 Å². The zero-order valence-corrected chi connectivity index (χ0v) is 17.0. The zero-order chi connectivity index (χ0) is 15.9. The monoisotopic (exact) mass is 439 g/mol. The average Bonchev–Trinajstić information content (AvgIpc) is 2.76. The van der Waals surface area contributed by atoms with Crippen LogP contribution in [0.25, 0.3) is 0 Å². The van der Waals surface area contributed by atoms with Crippen molar-refractivity contribution < 1.29 is 4.79 Å². The Balaban J connectivity index is 0.00000441. The molecule has 0 fully saturated rings. The number of aromatic nitrogens is 1. The minimum atomic E-state index is -0.238. The Hall–Kier alpha value is -0.900. The predicted molar refractivity (Wildman–Crippen MR) is 103 cm³/mol. The molecule has 8 heteroatoms. The molecule has 1 aromatic heterocycles. The molecule has 126 valence electrons. The fraction of sp³-hybridized carbons (Fsp3) is 0.643. The maximum Gasteiger partial charge on any atom is 0.242 e. The van der Waals surface area contributed by atoms with Gasteiger partial charge in [-0.25, -0.2) is 9.98 Å². The fourth-order valence-corrected chi connectivity index (χ4v) is 2.34. The van der Waals surface area contributed by atoms with Crippen molar-refractivity contribution in [3.8, 4) is 0 Å². The molecule has 0 bridgehead atoms. The lowest BCUT2D eigenvalue weighted by atomic mass is 10.1. The van der Waals surface area contributed by atoms with E-state index >= 15 is 0 Å². The zero-order valence-electron chi connectivity index (χ0n) is 13.8. The number of amides is 1. The number of carbonyl (C=O) groups is 1. The number of hydrogen-bond acceptors (Lipinski definition) is 4. The number of nitrogens with zero attached hydrogens (tertiary/aromatic N) is 2. The Kier molecular flexibility index (Phi) is 9.58. The first-order chi connectivity index (χ1) is 9.80. The lowest BCUT2D eigenvalue weighted by Crippen LogP contribution is -2.43. The summed E-state index contributed by atoms with van der Waals surface area (Å²) in [7, 11) is 0. The molecule has 3 N–H and O–H groups in total. The van der Waals surface area contributed by atoms with Gasteiger partial charge >= 0.3 is 0 Å². The molecule has 0 saturated carbocycles. The van der Waals surface area contributed by atoms with Crippen LogP contribution in [0.5, 0.6) is 0 Å². The Morgan fingerprint density at radius 2 is 2.05 bits per heavy atom. The van der Waals surface area contributed by atoms with Crippen molar-refractivity contribution in [2.75, 3.05) is 13.1 Å². The molecule has 0 aliphatic carbocycles. The molecule has 0 spiro atoms. The molecule has 1 aromatic rings. The Morgan fingerprint density at radius 3 is 2.55 bits per heavy atom. The van der Waals surface area contributed by atoms with Crippen LogP contribution in [0.15, 0.2) is 11.2 Å². The first-order valence-corrected chi connectivity index (χ1v) is 7.86. The van der Waals surface area contributed by atoms with Crippen LogP contribution in [-0.2, 0) is 11.3 Å². The van der Waals surface area contributed by atoms with Gasteiger partial charge in [0, 0.05) is 23.2 Å². The van der Waals surface area contributed by atoms with E-state index in [0.29, 0.717) is 12.5 Å². The summed E-state index contributed by atoms with van der Waals surface area (Å²) in [4.78, 5) is 21.4. The number of carbonyl (C=O) groups excluding carboxylic acids is 1. The van der Waals surface area contributed by atoms with Gasteiger partial charge in [0.15, 0.2) is 5.96 Å². The summed E-state index contributed by atoms with van der Waals surface area (Å²) >= 11 is 1.64. The van der Waals surface area contributed by atoms with E-state index in [2.05, 4.69) is 25.9 Å². The number of aryl methyl sites for hydroxylation is 1. The predicted octanol–water partition coefficient (Wildman–Crippen LogP) is 2.04. The number of aliphatic imine (C=N–C) groups is 1. The number of thiazole rings is 1. The van der Waals surface area contributed by atoms with Crippen molar-refractivity contribution in [2.45, 2.75) is 46.7 Å². The molecule has 1 amide bonds. The van der Waals surface area contributed by atoms with E-state index in [9.17, 15) is 4.79 Å². The second-order valence-electron chi connectivity index (χ2n) is 5.69. The molecule has 1 heterocycles. The Labute approximate surface area is 153 Å². The van der Waals surface area contributed by atoms with Gasteiger partial charge < -0.3 is 16.0 Å². The van der Waals surface area contributed by atoms with Gasteiger partial charge in [0.05, 0.1) is 11.6 Å². The molecular weight excluding hydrogens is 413 g/mol. The van der Waals surface area contributed by atoms with E-state index in [-0.39, 0.29) is 42.0 Å². The van der Waals surface area contributed by atoms with E-state index in [1.165, 1.54) is 0 Å². The molecule has 6 nitrogen and oxygen atoms in total. The first-order valence-electron chi connectivity index (χ1n) is 7.04. The lowest BCUT2D eigenvalue weighted by Gasteiger charge is -2.20. The molecule has 0 radical (unpaired) electrons. The summed E-state index contributed by atoms with van der Waals surface area (Å²) in [5.41, 5.74) is -0.238. The standard InChI is InChI=1S/C14H25N5OS.HI/c1-6-15-13(17-8-11-7-16-10(2)21-11)18-9-12(20)19-14(3,4)5;/h7H,6,8-9H2,1-5H3,(H,19,20)(H2,15,17,18);1H. The fourth-order valence-electron chi connectivity index (χ4n) is 1.61. The topological polar surface area (TPSA) is 78.4 Å². The molecule has 0 aromatic carbocycles. The largest absolute Gasteiger partial charge is 0.357 e. The van der Waals surface area contributed by atoms with Crippen LogP contribution < -0.4 is 16.0 Å². The van der Waals surface area contributed by atoms with E-state index in [1.54, 1.807) is 11.3 Å². The highest BCUT2D eigenvalue weighted by Crippen LogP contribution is 2.10. The van der Waals surface area contributed by atoms with Crippen LogP contribution in [0, 0.1) is 6.92 Å². The number of rotatable bonds is 5. The summed E-state index contributed by atoms with van der Waals surface area (Å²) < 4.78 is 0. The normalized spacial score (nSPS) is 11.6. The molecule has 0 aliphatic heterocycles. The third-order valence-corrected chi connectivity index (χ3v) is 3.25. The molecule has 0 aliphatic rings. The van der Waals surface area contributed by atoms with Crippen molar-refractivity contribution in [3.63, 3.8) is 0 Å². The molecular formula is C14H26IN5OS. The van der Waals surface area contributed by atoms with Crippen LogP contribution in [0.1, 0.15) is 37.6 Å². The van der Waals surface area contributed by atoms with E-state index in [0.717, 1.165) is 16.4 Å². The van der Waals surface area contributed by atoms with E-state index in [4.69, 9.17) is 0 Å². The van der Waals surface area contributed by atoms with E-state index in [1.807, 2.05) is 40.8 Å².